The lowest BCUT2D eigenvalue weighted by atomic mass is 10.0. The lowest BCUT2D eigenvalue weighted by molar-refractivity contribution is -0.117. The van der Waals surface area contributed by atoms with Gasteiger partial charge in [-0.1, -0.05) is 29.8 Å². The molecule has 158 valence electrons. The Balaban J connectivity index is 1.38. The monoisotopic (exact) mass is 444 g/mol. The molecular weight excluding hydrogens is 428 g/mol. The number of anilines is 2. The highest BCUT2D eigenvalue weighted by Gasteiger charge is 2.53. The van der Waals surface area contributed by atoms with Gasteiger partial charge in [-0.15, -0.1) is 0 Å². The number of benzene rings is 2. The Hall–Kier alpha value is -3.84. The summed E-state index contributed by atoms with van der Waals surface area (Å²) in [5.74, 6) is 0.910. The maximum absolute atomic E-state index is 13.5. The van der Waals surface area contributed by atoms with Crippen molar-refractivity contribution in [1.29, 1.82) is 0 Å². The number of ketones is 1. The first-order valence-electron chi connectivity index (χ1n) is 10.2. The normalized spacial score (nSPS) is 15.7. The van der Waals surface area contributed by atoms with Gasteiger partial charge in [0.25, 0.3) is 0 Å². The molecule has 6 rings (SSSR count). The van der Waals surface area contributed by atoms with Crippen LogP contribution in [0.25, 0.3) is 11.0 Å². The van der Waals surface area contributed by atoms with E-state index in [1.807, 2.05) is 30.3 Å². The quantitative estimate of drug-likeness (QED) is 0.379. The summed E-state index contributed by atoms with van der Waals surface area (Å²) in [5, 5.41) is 7.18. The molecule has 1 spiro atoms. The van der Waals surface area contributed by atoms with Gasteiger partial charge in [0, 0.05) is 17.8 Å². The number of nitrogens with one attached hydrogen (secondary N) is 3. The lowest BCUT2D eigenvalue weighted by Crippen LogP contribution is -2.41. The number of amides is 1. The molecule has 32 heavy (non-hydrogen) atoms. The number of hydrogen-bond donors (Lipinski definition) is 3. The number of halogens is 1. The van der Waals surface area contributed by atoms with Crippen molar-refractivity contribution in [2.45, 2.75) is 18.4 Å². The predicted octanol–water partition coefficient (Wildman–Crippen LogP) is 5.14. The van der Waals surface area contributed by atoms with Crippen LogP contribution in [0.5, 0.6) is 11.5 Å². The fourth-order valence-corrected chi connectivity index (χ4v) is 4.28. The molecule has 8 heteroatoms. The maximum Gasteiger partial charge on any atom is 0.250 e. The third kappa shape index (κ3) is 2.93. The zero-order chi connectivity index (χ0) is 21.9. The Kier molecular flexibility index (Phi) is 4.03. The van der Waals surface area contributed by atoms with Crippen LogP contribution < -0.4 is 15.4 Å². The molecular formula is C24H17ClN4O3. The van der Waals surface area contributed by atoms with E-state index in [0.29, 0.717) is 45.0 Å². The van der Waals surface area contributed by atoms with Gasteiger partial charge < -0.3 is 20.4 Å². The van der Waals surface area contributed by atoms with Crippen molar-refractivity contribution < 1.29 is 14.3 Å². The van der Waals surface area contributed by atoms with Gasteiger partial charge in [0.05, 0.1) is 33.5 Å². The molecule has 2 aromatic carbocycles. The Labute approximate surface area is 187 Å². The van der Waals surface area contributed by atoms with Gasteiger partial charge in [-0.2, -0.15) is 0 Å². The van der Waals surface area contributed by atoms with E-state index in [-0.39, 0.29) is 16.7 Å². The third-order valence-corrected chi connectivity index (χ3v) is 6.22. The van der Waals surface area contributed by atoms with Crippen molar-refractivity contribution in [3.63, 3.8) is 0 Å². The number of nitrogens with zero attached hydrogens (tertiary/aromatic N) is 1. The van der Waals surface area contributed by atoms with E-state index < -0.39 is 5.54 Å². The number of aromatic amines is 1. The molecule has 1 amide bonds. The Bertz CT molecular complexity index is 1410. The summed E-state index contributed by atoms with van der Waals surface area (Å²) >= 11 is 6.48. The first-order chi connectivity index (χ1) is 15.5. The summed E-state index contributed by atoms with van der Waals surface area (Å²) in [4.78, 5) is 33.2. The average Bonchev–Trinajstić information content (AvgIpc) is 3.43. The minimum Gasteiger partial charge on any atom is -0.457 e. The molecule has 1 fully saturated rings. The van der Waals surface area contributed by atoms with Crippen LogP contribution in [0.4, 0.5) is 11.4 Å². The second-order valence-corrected chi connectivity index (χ2v) is 8.43. The second kappa shape index (κ2) is 6.83. The number of pyridine rings is 1. The van der Waals surface area contributed by atoms with E-state index in [0.717, 1.165) is 12.8 Å². The van der Waals surface area contributed by atoms with Crippen molar-refractivity contribution in [2.75, 3.05) is 10.6 Å². The van der Waals surface area contributed by atoms with E-state index in [1.54, 1.807) is 30.6 Å². The van der Waals surface area contributed by atoms with E-state index in [1.165, 1.54) is 0 Å². The molecule has 0 saturated heterocycles. The fourth-order valence-electron chi connectivity index (χ4n) is 4.03. The number of rotatable bonds is 4. The number of carbonyl (C=O) groups excluding carboxylic acids is 2. The largest absolute Gasteiger partial charge is 0.457 e. The van der Waals surface area contributed by atoms with Crippen LogP contribution in [0.1, 0.15) is 28.8 Å². The standard InChI is InChI=1S/C24H17ClN4O3/c25-17-10-14(32-13-4-2-1-3-5-13)6-7-15(17)21(30)16-11-26-22-19(16)20-18(12-27-22)28-23(31)24(29-20)8-9-24/h1-7,10-12,29H,8-9H2,(H,26,27)(H,28,31). The molecule has 7 nitrogen and oxygen atoms in total. The van der Waals surface area contributed by atoms with Gasteiger partial charge >= 0.3 is 0 Å². The topological polar surface area (TPSA) is 96.1 Å². The van der Waals surface area contributed by atoms with E-state index in [2.05, 4.69) is 20.6 Å². The summed E-state index contributed by atoms with van der Waals surface area (Å²) in [5.41, 5.74) is 2.02. The molecule has 1 aliphatic carbocycles. The number of para-hydroxylation sites is 1. The summed E-state index contributed by atoms with van der Waals surface area (Å²) < 4.78 is 5.81. The fraction of sp³-hybridized carbons (Fsp3) is 0.125. The number of hydrogen-bond acceptors (Lipinski definition) is 5. The molecule has 3 N–H and O–H groups in total. The number of carbonyl (C=O) groups is 2. The SMILES string of the molecule is O=C(c1ccc(Oc2ccccc2)cc1Cl)c1c[nH]c2ncc3c(c12)NC1(CC1)C(=O)N3. The van der Waals surface area contributed by atoms with Crippen LogP contribution in [0.3, 0.4) is 0 Å². The zero-order valence-corrected chi connectivity index (χ0v) is 17.5. The summed E-state index contributed by atoms with van der Waals surface area (Å²) in [7, 11) is 0. The van der Waals surface area contributed by atoms with Crippen LogP contribution >= 0.6 is 11.6 Å². The van der Waals surface area contributed by atoms with Gasteiger partial charge in [-0.25, -0.2) is 4.98 Å². The number of aromatic nitrogens is 2. The molecule has 2 aromatic heterocycles. The summed E-state index contributed by atoms with van der Waals surface area (Å²) in [6.07, 6.45) is 4.73. The lowest BCUT2D eigenvalue weighted by Gasteiger charge is -2.27. The highest BCUT2D eigenvalue weighted by molar-refractivity contribution is 6.36. The van der Waals surface area contributed by atoms with Crippen molar-refractivity contribution in [1.82, 2.24) is 9.97 Å². The van der Waals surface area contributed by atoms with Crippen molar-refractivity contribution in [3.05, 3.63) is 77.1 Å². The molecule has 3 heterocycles. The number of ether oxygens (including phenoxy) is 1. The van der Waals surface area contributed by atoms with Crippen LogP contribution in [-0.2, 0) is 4.79 Å². The van der Waals surface area contributed by atoms with Gasteiger partial charge in [0.2, 0.25) is 5.91 Å². The minimum absolute atomic E-state index is 0.0633. The third-order valence-electron chi connectivity index (χ3n) is 5.91. The van der Waals surface area contributed by atoms with Crippen molar-refractivity contribution >= 4 is 45.7 Å². The second-order valence-electron chi connectivity index (χ2n) is 8.02. The molecule has 0 atom stereocenters. The van der Waals surface area contributed by atoms with Gasteiger partial charge in [-0.3, -0.25) is 9.59 Å². The zero-order valence-electron chi connectivity index (χ0n) is 16.7. The van der Waals surface area contributed by atoms with Crippen molar-refractivity contribution in [3.8, 4) is 11.5 Å². The average molecular weight is 445 g/mol. The molecule has 0 bridgehead atoms. The molecule has 0 radical (unpaired) electrons. The first-order valence-corrected chi connectivity index (χ1v) is 10.6. The van der Waals surface area contributed by atoms with Crippen LogP contribution in [0, 0.1) is 0 Å². The molecule has 0 unspecified atom stereocenters. The summed E-state index contributed by atoms with van der Waals surface area (Å²) in [6, 6.07) is 14.3. The van der Waals surface area contributed by atoms with E-state index >= 15 is 0 Å². The molecule has 4 aromatic rings. The van der Waals surface area contributed by atoms with Crippen LogP contribution in [-0.4, -0.2) is 27.2 Å². The summed E-state index contributed by atoms with van der Waals surface area (Å²) in [6.45, 7) is 0. The molecule has 2 aliphatic rings. The maximum atomic E-state index is 13.5. The van der Waals surface area contributed by atoms with E-state index in [4.69, 9.17) is 16.3 Å². The Morgan fingerprint density at radius 3 is 2.62 bits per heavy atom. The first kappa shape index (κ1) is 18.9. The highest BCUT2D eigenvalue weighted by atomic mass is 35.5. The van der Waals surface area contributed by atoms with Gasteiger partial charge in [0.15, 0.2) is 5.78 Å². The Morgan fingerprint density at radius 1 is 1.06 bits per heavy atom. The molecule has 1 aliphatic heterocycles. The highest BCUT2D eigenvalue weighted by Crippen LogP contribution is 2.47. The Morgan fingerprint density at radius 2 is 1.88 bits per heavy atom. The van der Waals surface area contributed by atoms with Gasteiger partial charge in [0.1, 0.15) is 22.7 Å². The minimum atomic E-state index is -0.590. The van der Waals surface area contributed by atoms with Gasteiger partial charge in [-0.05, 0) is 37.1 Å². The van der Waals surface area contributed by atoms with E-state index in [9.17, 15) is 9.59 Å². The smallest absolute Gasteiger partial charge is 0.250 e. The number of H-pyrrole nitrogens is 1. The number of fused-ring (bicyclic) bond motifs is 3. The predicted molar refractivity (Wildman–Crippen MR) is 122 cm³/mol. The van der Waals surface area contributed by atoms with Crippen LogP contribution in [0.2, 0.25) is 5.02 Å². The van der Waals surface area contributed by atoms with Crippen molar-refractivity contribution in [2.24, 2.45) is 0 Å². The van der Waals surface area contributed by atoms with Crippen LogP contribution in [0.15, 0.2) is 60.9 Å². The molecule has 1 saturated carbocycles.